The van der Waals surface area contributed by atoms with E-state index in [0.29, 0.717) is 19.8 Å². The van der Waals surface area contributed by atoms with Crippen molar-refractivity contribution in [1.82, 2.24) is 10.2 Å². The van der Waals surface area contributed by atoms with E-state index in [0.717, 1.165) is 41.1 Å². The molecule has 172 valence electrons. The predicted octanol–water partition coefficient (Wildman–Crippen LogP) is 4.61. The van der Waals surface area contributed by atoms with Crippen molar-refractivity contribution >= 4 is 5.91 Å². The van der Waals surface area contributed by atoms with Gasteiger partial charge in [-0.05, 0) is 47.9 Å². The van der Waals surface area contributed by atoms with Crippen LogP contribution < -0.4 is 10.1 Å². The van der Waals surface area contributed by atoms with Gasteiger partial charge in [0.05, 0.1) is 31.9 Å². The first-order chi connectivity index (χ1) is 16.0. The van der Waals surface area contributed by atoms with Crippen LogP contribution in [-0.4, -0.2) is 50.8 Å². The van der Waals surface area contributed by atoms with E-state index in [1.54, 1.807) is 19.2 Å². The lowest BCUT2D eigenvalue weighted by molar-refractivity contribution is 0.0162. The molecule has 0 aromatic heterocycles. The number of benzene rings is 3. The summed E-state index contributed by atoms with van der Waals surface area (Å²) in [7, 11) is 1.63. The Balaban J connectivity index is 1.48. The Labute approximate surface area is 194 Å². The van der Waals surface area contributed by atoms with Crippen LogP contribution in [0.25, 0.3) is 11.1 Å². The smallest absolute Gasteiger partial charge is 0.254 e. The molecule has 1 N–H and O–H groups in total. The minimum Gasteiger partial charge on any atom is -0.497 e. The molecule has 33 heavy (non-hydrogen) atoms. The third-order valence-corrected chi connectivity index (χ3v) is 6.04. The van der Waals surface area contributed by atoms with Crippen molar-refractivity contribution in [1.29, 1.82) is 0 Å². The van der Waals surface area contributed by atoms with Crippen molar-refractivity contribution < 1.29 is 18.7 Å². The molecule has 1 heterocycles. The van der Waals surface area contributed by atoms with E-state index < -0.39 is 11.7 Å². The number of rotatable bonds is 7. The summed E-state index contributed by atoms with van der Waals surface area (Å²) in [6.45, 7) is 5.21. The van der Waals surface area contributed by atoms with E-state index in [2.05, 4.69) is 10.2 Å². The largest absolute Gasteiger partial charge is 0.497 e. The highest BCUT2D eigenvalue weighted by molar-refractivity contribution is 5.95. The molecular formula is C27H29FN2O3. The summed E-state index contributed by atoms with van der Waals surface area (Å²) in [5.41, 5.74) is 3.91. The zero-order chi connectivity index (χ0) is 23.2. The maximum atomic E-state index is 14.8. The van der Waals surface area contributed by atoms with Gasteiger partial charge in [0.2, 0.25) is 0 Å². The summed E-state index contributed by atoms with van der Waals surface area (Å²) in [6, 6.07) is 20.4. The zero-order valence-electron chi connectivity index (χ0n) is 19.0. The number of hydrogen-bond donors (Lipinski definition) is 1. The standard InChI is InChI=1S/C27H29FN2O3/c1-19-3-5-20(6-4-19)22-9-12-24(25(28)17-22)27(31)29-18-26(30-13-15-33-16-14-30)21-7-10-23(32-2)11-8-21/h3-12,17,26H,13-16,18H2,1-2H3,(H,29,31). The number of morpholine rings is 1. The number of ether oxygens (including phenoxy) is 2. The lowest BCUT2D eigenvalue weighted by Crippen LogP contribution is -2.43. The summed E-state index contributed by atoms with van der Waals surface area (Å²) in [6.07, 6.45) is 0. The van der Waals surface area contributed by atoms with Crippen molar-refractivity contribution in [3.63, 3.8) is 0 Å². The number of hydrogen-bond acceptors (Lipinski definition) is 4. The van der Waals surface area contributed by atoms with Crippen LogP contribution in [0, 0.1) is 12.7 Å². The Kier molecular flexibility index (Phi) is 7.37. The minimum absolute atomic E-state index is 0.0429. The van der Waals surface area contributed by atoms with Crippen molar-refractivity contribution in [2.45, 2.75) is 13.0 Å². The Morgan fingerprint density at radius 3 is 2.33 bits per heavy atom. The first kappa shape index (κ1) is 23.0. The maximum Gasteiger partial charge on any atom is 0.254 e. The third-order valence-electron chi connectivity index (χ3n) is 6.04. The Morgan fingerprint density at radius 1 is 1.03 bits per heavy atom. The second-order valence-electron chi connectivity index (χ2n) is 8.21. The van der Waals surface area contributed by atoms with Crippen LogP contribution in [0.4, 0.5) is 4.39 Å². The Bertz CT molecular complexity index is 1080. The van der Waals surface area contributed by atoms with Gasteiger partial charge in [-0.25, -0.2) is 4.39 Å². The fourth-order valence-electron chi connectivity index (χ4n) is 4.08. The van der Waals surface area contributed by atoms with Crippen molar-refractivity contribution in [3.8, 4) is 16.9 Å². The van der Waals surface area contributed by atoms with Gasteiger partial charge in [-0.1, -0.05) is 48.0 Å². The number of aryl methyl sites for hydroxylation is 1. The molecule has 0 aliphatic carbocycles. The van der Waals surface area contributed by atoms with E-state index in [9.17, 15) is 9.18 Å². The van der Waals surface area contributed by atoms with E-state index in [1.807, 2.05) is 55.5 Å². The number of nitrogens with zero attached hydrogens (tertiary/aromatic N) is 1. The normalized spacial score (nSPS) is 15.1. The van der Waals surface area contributed by atoms with Gasteiger partial charge in [0.25, 0.3) is 5.91 Å². The molecule has 0 spiro atoms. The third kappa shape index (κ3) is 5.59. The maximum absolute atomic E-state index is 14.8. The number of amides is 1. The number of carbonyl (C=O) groups excluding carboxylic acids is 1. The molecule has 3 aromatic carbocycles. The van der Waals surface area contributed by atoms with Gasteiger partial charge in [-0.2, -0.15) is 0 Å². The molecule has 3 aromatic rings. The second-order valence-corrected chi connectivity index (χ2v) is 8.21. The number of halogens is 1. The van der Waals surface area contributed by atoms with Crippen molar-refractivity contribution in [3.05, 3.63) is 89.2 Å². The zero-order valence-corrected chi connectivity index (χ0v) is 19.0. The molecule has 1 aliphatic heterocycles. The quantitative estimate of drug-likeness (QED) is 0.573. The SMILES string of the molecule is COc1ccc(C(CNC(=O)c2ccc(-c3ccc(C)cc3)cc2F)N2CCOCC2)cc1. The highest BCUT2D eigenvalue weighted by Crippen LogP contribution is 2.25. The van der Waals surface area contributed by atoms with Gasteiger partial charge in [0.15, 0.2) is 0 Å². The highest BCUT2D eigenvalue weighted by atomic mass is 19.1. The van der Waals surface area contributed by atoms with Crippen LogP contribution in [0.3, 0.4) is 0 Å². The molecule has 6 heteroatoms. The van der Waals surface area contributed by atoms with E-state index in [-0.39, 0.29) is 11.6 Å². The topological polar surface area (TPSA) is 50.8 Å². The van der Waals surface area contributed by atoms with Crippen LogP contribution in [-0.2, 0) is 4.74 Å². The summed E-state index contributed by atoms with van der Waals surface area (Å²) in [4.78, 5) is 15.1. The second kappa shape index (κ2) is 10.6. The Hall–Kier alpha value is -3.22. The van der Waals surface area contributed by atoms with Gasteiger partial charge in [0, 0.05) is 19.6 Å². The van der Waals surface area contributed by atoms with Gasteiger partial charge >= 0.3 is 0 Å². The Morgan fingerprint density at radius 2 is 1.70 bits per heavy atom. The molecular weight excluding hydrogens is 419 g/mol. The summed E-state index contributed by atoms with van der Waals surface area (Å²) in [5.74, 6) is -0.174. The molecule has 1 amide bonds. The summed E-state index contributed by atoms with van der Waals surface area (Å²) < 4.78 is 25.6. The molecule has 1 aliphatic rings. The van der Waals surface area contributed by atoms with Gasteiger partial charge in [-0.15, -0.1) is 0 Å². The van der Waals surface area contributed by atoms with E-state index in [1.165, 1.54) is 6.07 Å². The van der Waals surface area contributed by atoms with E-state index >= 15 is 0 Å². The molecule has 1 saturated heterocycles. The summed E-state index contributed by atoms with van der Waals surface area (Å²) >= 11 is 0. The van der Waals surface area contributed by atoms with Crippen molar-refractivity contribution in [2.24, 2.45) is 0 Å². The van der Waals surface area contributed by atoms with Gasteiger partial charge < -0.3 is 14.8 Å². The molecule has 1 unspecified atom stereocenters. The lowest BCUT2D eigenvalue weighted by Gasteiger charge is -2.35. The van der Waals surface area contributed by atoms with Crippen LogP contribution in [0.2, 0.25) is 0 Å². The molecule has 5 nitrogen and oxygen atoms in total. The van der Waals surface area contributed by atoms with E-state index in [4.69, 9.17) is 9.47 Å². The summed E-state index contributed by atoms with van der Waals surface area (Å²) in [5, 5.41) is 2.94. The average Bonchev–Trinajstić information content (AvgIpc) is 2.85. The molecule has 1 fully saturated rings. The average molecular weight is 449 g/mol. The molecule has 0 radical (unpaired) electrons. The monoisotopic (exact) mass is 448 g/mol. The fraction of sp³-hybridized carbons (Fsp3) is 0.296. The van der Waals surface area contributed by atoms with Crippen LogP contribution in [0.1, 0.15) is 27.5 Å². The highest BCUT2D eigenvalue weighted by Gasteiger charge is 2.24. The number of nitrogens with one attached hydrogen (secondary N) is 1. The first-order valence-electron chi connectivity index (χ1n) is 11.2. The van der Waals surface area contributed by atoms with Gasteiger partial charge in [0.1, 0.15) is 11.6 Å². The molecule has 0 bridgehead atoms. The number of methoxy groups -OCH3 is 1. The van der Waals surface area contributed by atoms with Crippen LogP contribution in [0.5, 0.6) is 5.75 Å². The molecule has 1 atom stereocenters. The molecule has 4 rings (SSSR count). The van der Waals surface area contributed by atoms with Crippen LogP contribution in [0.15, 0.2) is 66.7 Å². The fourth-order valence-corrected chi connectivity index (χ4v) is 4.08. The van der Waals surface area contributed by atoms with Crippen LogP contribution >= 0.6 is 0 Å². The van der Waals surface area contributed by atoms with Crippen molar-refractivity contribution in [2.75, 3.05) is 40.0 Å². The molecule has 0 saturated carbocycles. The number of carbonyl (C=O) groups is 1. The first-order valence-corrected chi connectivity index (χ1v) is 11.2. The van der Waals surface area contributed by atoms with Gasteiger partial charge in [-0.3, -0.25) is 9.69 Å². The lowest BCUT2D eigenvalue weighted by atomic mass is 10.0. The predicted molar refractivity (Wildman–Crippen MR) is 127 cm³/mol. The minimum atomic E-state index is -0.530.